The van der Waals surface area contributed by atoms with E-state index in [-0.39, 0.29) is 18.0 Å². The van der Waals surface area contributed by atoms with Crippen LogP contribution in [0.4, 0.5) is 4.39 Å². The van der Waals surface area contributed by atoms with Gasteiger partial charge in [-0.1, -0.05) is 23.7 Å². The van der Waals surface area contributed by atoms with E-state index in [0.717, 1.165) is 11.1 Å². The van der Waals surface area contributed by atoms with E-state index in [0.29, 0.717) is 10.6 Å². The molecule has 2 aromatic carbocycles. The standard InChI is InChI=1S/C16H14ClFO2/c1-10-3-4-11(13(17)7-10)8-15(19)12-5-6-14(18)16(9-12)20-2/h3-7,9H,8H2,1-2H3. The van der Waals surface area contributed by atoms with Gasteiger partial charge in [0.2, 0.25) is 0 Å². The fraction of sp³-hybridized carbons (Fsp3) is 0.188. The van der Waals surface area contributed by atoms with E-state index in [1.54, 1.807) is 0 Å². The van der Waals surface area contributed by atoms with E-state index in [9.17, 15) is 9.18 Å². The van der Waals surface area contributed by atoms with Gasteiger partial charge >= 0.3 is 0 Å². The van der Waals surface area contributed by atoms with Gasteiger partial charge in [-0.3, -0.25) is 4.79 Å². The van der Waals surface area contributed by atoms with Crippen molar-refractivity contribution in [3.05, 3.63) is 63.9 Å². The SMILES string of the molecule is COc1cc(C(=O)Cc2ccc(C)cc2Cl)ccc1F. The molecule has 0 N–H and O–H groups in total. The van der Waals surface area contributed by atoms with Crippen molar-refractivity contribution in [2.24, 2.45) is 0 Å². The van der Waals surface area contributed by atoms with Crippen molar-refractivity contribution in [1.82, 2.24) is 0 Å². The third kappa shape index (κ3) is 3.17. The first-order valence-electron chi connectivity index (χ1n) is 6.13. The van der Waals surface area contributed by atoms with Gasteiger partial charge in [0.25, 0.3) is 0 Å². The highest BCUT2D eigenvalue weighted by Gasteiger charge is 2.12. The van der Waals surface area contributed by atoms with E-state index >= 15 is 0 Å². The maximum Gasteiger partial charge on any atom is 0.167 e. The summed E-state index contributed by atoms with van der Waals surface area (Å²) in [5.74, 6) is -0.558. The van der Waals surface area contributed by atoms with Crippen LogP contribution in [0.3, 0.4) is 0 Å². The molecule has 0 atom stereocenters. The van der Waals surface area contributed by atoms with E-state index in [1.807, 2.05) is 25.1 Å². The van der Waals surface area contributed by atoms with Gasteiger partial charge in [-0.25, -0.2) is 4.39 Å². The molecule has 4 heteroatoms. The van der Waals surface area contributed by atoms with Crippen molar-refractivity contribution in [3.8, 4) is 5.75 Å². The van der Waals surface area contributed by atoms with Crippen LogP contribution in [0.1, 0.15) is 21.5 Å². The van der Waals surface area contributed by atoms with Gasteiger partial charge in [0.05, 0.1) is 7.11 Å². The highest BCUT2D eigenvalue weighted by molar-refractivity contribution is 6.31. The van der Waals surface area contributed by atoms with Crippen LogP contribution in [0.15, 0.2) is 36.4 Å². The first-order chi connectivity index (χ1) is 9.51. The van der Waals surface area contributed by atoms with Crippen molar-refractivity contribution in [3.63, 3.8) is 0 Å². The van der Waals surface area contributed by atoms with E-state index in [1.165, 1.54) is 25.3 Å². The first-order valence-corrected chi connectivity index (χ1v) is 6.51. The number of ether oxygens (including phenoxy) is 1. The fourth-order valence-electron chi connectivity index (χ4n) is 1.90. The van der Waals surface area contributed by atoms with Crippen LogP contribution >= 0.6 is 11.6 Å². The van der Waals surface area contributed by atoms with Crippen LogP contribution < -0.4 is 4.74 Å². The van der Waals surface area contributed by atoms with Crippen LogP contribution in [-0.2, 0) is 6.42 Å². The van der Waals surface area contributed by atoms with Crippen molar-refractivity contribution in [2.45, 2.75) is 13.3 Å². The summed E-state index contributed by atoms with van der Waals surface area (Å²) in [5.41, 5.74) is 2.19. The van der Waals surface area contributed by atoms with Gasteiger partial charge in [-0.05, 0) is 42.3 Å². The Morgan fingerprint density at radius 2 is 2.00 bits per heavy atom. The van der Waals surface area contributed by atoms with Gasteiger partial charge in [-0.2, -0.15) is 0 Å². The lowest BCUT2D eigenvalue weighted by atomic mass is 10.0. The van der Waals surface area contributed by atoms with Crippen LogP contribution in [0.5, 0.6) is 5.75 Å². The maximum absolute atomic E-state index is 13.3. The lowest BCUT2D eigenvalue weighted by Gasteiger charge is -2.07. The Kier molecular flexibility index (Phi) is 4.40. The predicted octanol–water partition coefficient (Wildman–Crippen LogP) is 4.22. The lowest BCUT2D eigenvalue weighted by molar-refractivity contribution is 0.0992. The summed E-state index contributed by atoms with van der Waals surface area (Å²) >= 11 is 6.11. The molecule has 104 valence electrons. The Hall–Kier alpha value is -1.87. The molecule has 0 saturated carbocycles. The van der Waals surface area contributed by atoms with Gasteiger partial charge < -0.3 is 4.74 Å². The van der Waals surface area contributed by atoms with Crippen molar-refractivity contribution >= 4 is 17.4 Å². The molecule has 0 amide bonds. The lowest BCUT2D eigenvalue weighted by Crippen LogP contribution is -2.05. The Morgan fingerprint density at radius 3 is 2.65 bits per heavy atom. The van der Waals surface area contributed by atoms with E-state index in [2.05, 4.69) is 0 Å². The summed E-state index contributed by atoms with van der Waals surface area (Å²) in [6.45, 7) is 1.93. The van der Waals surface area contributed by atoms with Crippen molar-refractivity contribution in [2.75, 3.05) is 7.11 Å². The van der Waals surface area contributed by atoms with Crippen LogP contribution in [0.2, 0.25) is 5.02 Å². The number of Topliss-reactive ketones (excluding diaryl/α,β-unsaturated/α-hetero) is 1. The monoisotopic (exact) mass is 292 g/mol. The molecule has 2 aromatic rings. The minimum atomic E-state index is -0.489. The average molecular weight is 293 g/mol. The quantitative estimate of drug-likeness (QED) is 0.789. The molecule has 0 aliphatic heterocycles. The minimum absolute atomic E-state index is 0.0610. The summed E-state index contributed by atoms with van der Waals surface area (Å²) in [7, 11) is 1.36. The molecule has 0 unspecified atom stereocenters. The second-order valence-electron chi connectivity index (χ2n) is 4.54. The Bertz CT molecular complexity index is 653. The molecule has 0 radical (unpaired) electrons. The Labute approximate surface area is 122 Å². The van der Waals surface area contributed by atoms with Crippen LogP contribution in [0, 0.1) is 12.7 Å². The molecular formula is C16H14ClFO2. The Morgan fingerprint density at radius 1 is 1.25 bits per heavy atom. The summed E-state index contributed by atoms with van der Waals surface area (Å²) in [6, 6.07) is 9.62. The molecule has 0 heterocycles. The number of hydrogen-bond acceptors (Lipinski definition) is 2. The number of carbonyl (C=O) groups is 1. The molecule has 0 aliphatic carbocycles. The predicted molar refractivity (Wildman–Crippen MR) is 77.2 cm³/mol. The molecule has 0 aromatic heterocycles. The number of benzene rings is 2. The number of aryl methyl sites for hydroxylation is 1. The third-order valence-corrected chi connectivity index (χ3v) is 3.38. The second kappa shape index (κ2) is 6.06. The number of ketones is 1. The van der Waals surface area contributed by atoms with Crippen LogP contribution in [-0.4, -0.2) is 12.9 Å². The summed E-state index contributed by atoms with van der Waals surface area (Å²) in [4.78, 5) is 12.2. The zero-order valence-corrected chi connectivity index (χ0v) is 12.0. The third-order valence-electron chi connectivity index (χ3n) is 3.03. The Balaban J connectivity index is 2.24. The highest BCUT2D eigenvalue weighted by Crippen LogP contribution is 2.22. The van der Waals surface area contributed by atoms with Gasteiger partial charge in [-0.15, -0.1) is 0 Å². The van der Waals surface area contributed by atoms with E-state index in [4.69, 9.17) is 16.3 Å². The zero-order valence-electron chi connectivity index (χ0n) is 11.2. The summed E-state index contributed by atoms with van der Waals surface area (Å²) in [5, 5.41) is 0.562. The number of methoxy groups -OCH3 is 1. The summed E-state index contributed by atoms with van der Waals surface area (Å²) in [6.07, 6.45) is 0.175. The molecule has 20 heavy (non-hydrogen) atoms. The first kappa shape index (κ1) is 14.5. The van der Waals surface area contributed by atoms with Gasteiger partial charge in [0.15, 0.2) is 17.3 Å². The molecule has 0 saturated heterocycles. The number of rotatable bonds is 4. The van der Waals surface area contributed by atoms with Crippen LogP contribution in [0.25, 0.3) is 0 Å². The molecule has 0 fully saturated rings. The summed E-state index contributed by atoms with van der Waals surface area (Å²) < 4.78 is 18.2. The largest absolute Gasteiger partial charge is 0.494 e. The highest BCUT2D eigenvalue weighted by atomic mass is 35.5. The van der Waals surface area contributed by atoms with E-state index < -0.39 is 5.82 Å². The molecule has 2 rings (SSSR count). The number of carbonyl (C=O) groups excluding carboxylic acids is 1. The second-order valence-corrected chi connectivity index (χ2v) is 4.95. The van der Waals surface area contributed by atoms with Crippen molar-refractivity contribution in [1.29, 1.82) is 0 Å². The molecule has 0 spiro atoms. The average Bonchev–Trinajstić information content (AvgIpc) is 2.42. The topological polar surface area (TPSA) is 26.3 Å². The maximum atomic E-state index is 13.3. The van der Waals surface area contributed by atoms with Gasteiger partial charge in [0, 0.05) is 17.0 Å². The number of hydrogen-bond donors (Lipinski definition) is 0. The zero-order chi connectivity index (χ0) is 14.7. The molecule has 0 bridgehead atoms. The van der Waals surface area contributed by atoms with Gasteiger partial charge in [0.1, 0.15) is 0 Å². The smallest absolute Gasteiger partial charge is 0.167 e. The fourth-order valence-corrected chi connectivity index (χ4v) is 2.21. The molecule has 0 aliphatic rings. The molecule has 2 nitrogen and oxygen atoms in total. The molecular weight excluding hydrogens is 279 g/mol. The van der Waals surface area contributed by atoms with Crippen molar-refractivity contribution < 1.29 is 13.9 Å². The number of halogens is 2. The minimum Gasteiger partial charge on any atom is -0.494 e. The normalized spacial score (nSPS) is 10.4.